The maximum atomic E-state index is 12.5. The number of phenols is 1. The van der Waals surface area contributed by atoms with E-state index in [0.29, 0.717) is 17.5 Å². The average molecular weight is 563 g/mol. The Morgan fingerprint density at radius 2 is 1.72 bits per heavy atom. The van der Waals surface area contributed by atoms with Crippen LogP contribution < -0.4 is 20.3 Å². The first-order valence-electron chi connectivity index (χ1n) is 12.9. The fourth-order valence-corrected chi connectivity index (χ4v) is 5.10. The second-order valence-corrected chi connectivity index (χ2v) is 12.1. The number of nitrogens with one attached hydrogen (secondary N) is 3. The quantitative estimate of drug-likeness (QED) is 0.213. The summed E-state index contributed by atoms with van der Waals surface area (Å²) < 4.78 is 25.2. The molecular formula is C27H38N4O7S. The van der Waals surface area contributed by atoms with Crippen LogP contribution in [0.4, 0.5) is 11.4 Å². The molecule has 0 spiro atoms. The third-order valence-electron chi connectivity index (χ3n) is 6.60. The molecule has 0 saturated carbocycles. The summed E-state index contributed by atoms with van der Waals surface area (Å²) in [6, 6.07) is 10.7. The van der Waals surface area contributed by atoms with E-state index >= 15 is 0 Å². The van der Waals surface area contributed by atoms with E-state index in [9.17, 15) is 33.3 Å². The summed E-state index contributed by atoms with van der Waals surface area (Å²) >= 11 is 0. The molecule has 0 unspecified atom stereocenters. The summed E-state index contributed by atoms with van der Waals surface area (Å²) in [6.07, 6.45) is 2.13. The number of anilines is 2. The molecule has 214 valence electrons. The van der Waals surface area contributed by atoms with Gasteiger partial charge in [-0.2, -0.15) is 0 Å². The number of aliphatic hydroxyl groups is 1. The molecule has 3 rings (SSSR count). The number of carboxylic acid groups (broad SMARTS) is 1. The molecule has 1 saturated heterocycles. The Hall–Kier alpha value is -3.35. The number of aromatic hydroxyl groups is 1. The lowest BCUT2D eigenvalue weighted by atomic mass is 10.0. The Kier molecular flexibility index (Phi) is 10.2. The molecule has 2 atom stereocenters. The van der Waals surface area contributed by atoms with Crippen molar-refractivity contribution in [3.05, 3.63) is 53.6 Å². The Morgan fingerprint density at radius 3 is 2.28 bits per heavy atom. The molecule has 1 aliphatic rings. The zero-order chi connectivity index (χ0) is 28.7. The van der Waals surface area contributed by atoms with Crippen LogP contribution in [0.3, 0.4) is 0 Å². The van der Waals surface area contributed by atoms with E-state index in [0.717, 1.165) is 37.9 Å². The van der Waals surface area contributed by atoms with Crippen LogP contribution in [0.15, 0.2) is 42.5 Å². The van der Waals surface area contributed by atoms with Gasteiger partial charge < -0.3 is 30.9 Å². The molecule has 1 amide bonds. The van der Waals surface area contributed by atoms with Crippen LogP contribution in [0, 0.1) is 5.92 Å². The van der Waals surface area contributed by atoms with Gasteiger partial charge in [-0.05, 0) is 67.1 Å². The van der Waals surface area contributed by atoms with E-state index in [1.165, 1.54) is 12.1 Å². The standard InChI is InChI=1S/C27H38N4O7S/c1-17(2)14-23(27(35)36)29-26(34)18-4-7-21(8-5-18)31-12-10-20(11-13-31)28-16-25(33)19-6-9-24(32)22(15-19)30-39(3,37)38/h4-9,15,17,20,23,25,28,30,32-33H,10-14,16H2,1-3H3,(H,29,34)(H,35,36)/t23-,25-/m0/s1. The molecule has 2 aromatic rings. The number of aliphatic carboxylic acids is 1. The summed E-state index contributed by atoms with van der Waals surface area (Å²) in [5.74, 6) is -1.54. The van der Waals surface area contributed by atoms with Crippen molar-refractivity contribution in [2.24, 2.45) is 5.92 Å². The maximum absolute atomic E-state index is 12.5. The minimum atomic E-state index is -3.57. The topological polar surface area (TPSA) is 168 Å². The molecule has 39 heavy (non-hydrogen) atoms. The van der Waals surface area contributed by atoms with Gasteiger partial charge in [0.05, 0.1) is 18.0 Å². The van der Waals surface area contributed by atoms with Crippen molar-refractivity contribution < 1.29 is 33.3 Å². The summed E-state index contributed by atoms with van der Waals surface area (Å²) in [5.41, 5.74) is 1.87. The van der Waals surface area contributed by atoms with Crippen molar-refractivity contribution in [2.75, 3.05) is 35.5 Å². The number of hydrogen-bond acceptors (Lipinski definition) is 8. The number of sulfonamides is 1. The van der Waals surface area contributed by atoms with Crippen LogP contribution in [0.25, 0.3) is 0 Å². The van der Waals surface area contributed by atoms with E-state index in [4.69, 9.17) is 0 Å². The predicted octanol–water partition coefficient (Wildman–Crippen LogP) is 2.28. The van der Waals surface area contributed by atoms with E-state index in [2.05, 4.69) is 20.3 Å². The lowest BCUT2D eigenvalue weighted by Gasteiger charge is -2.34. The number of piperidine rings is 1. The number of amides is 1. The van der Waals surface area contributed by atoms with Crippen molar-refractivity contribution in [1.82, 2.24) is 10.6 Å². The van der Waals surface area contributed by atoms with Gasteiger partial charge in [0, 0.05) is 36.9 Å². The molecule has 12 heteroatoms. The molecule has 1 fully saturated rings. The number of carbonyl (C=O) groups is 2. The van der Waals surface area contributed by atoms with E-state index in [-0.39, 0.29) is 29.9 Å². The first-order valence-corrected chi connectivity index (χ1v) is 14.8. The summed E-state index contributed by atoms with van der Waals surface area (Å²) in [7, 11) is -3.57. The Morgan fingerprint density at radius 1 is 1.08 bits per heavy atom. The molecule has 1 aliphatic heterocycles. The third kappa shape index (κ3) is 9.12. The molecule has 2 aromatic carbocycles. The number of hydrogen-bond donors (Lipinski definition) is 6. The van der Waals surface area contributed by atoms with Crippen LogP contribution in [0.2, 0.25) is 0 Å². The highest BCUT2D eigenvalue weighted by Gasteiger charge is 2.23. The SMILES string of the molecule is CC(C)C[C@H](NC(=O)c1ccc(N2CCC(NC[C@H](O)c3ccc(O)c(NS(C)(=O)=O)c3)CC2)cc1)C(=O)O. The maximum Gasteiger partial charge on any atom is 0.326 e. The van der Waals surface area contributed by atoms with E-state index in [1.807, 2.05) is 26.0 Å². The fourth-order valence-electron chi connectivity index (χ4n) is 4.54. The largest absolute Gasteiger partial charge is 0.506 e. The van der Waals surface area contributed by atoms with Gasteiger partial charge in [-0.25, -0.2) is 13.2 Å². The van der Waals surface area contributed by atoms with Crippen molar-refractivity contribution in [2.45, 2.75) is 51.3 Å². The van der Waals surface area contributed by atoms with Gasteiger partial charge >= 0.3 is 5.97 Å². The predicted molar refractivity (Wildman–Crippen MR) is 150 cm³/mol. The Labute approximate surface area is 229 Å². The van der Waals surface area contributed by atoms with Gasteiger partial charge in [0.2, 0.25) is 10.0 Å². The number of carbonyl (C=O) groups excluding carboxylic acids is 1. The minimum absolute atomic E-state index is 0.0168. The summed E-state index contributed by atoms with van der Waals surface area (Å²) in [5, 5.41) is 35.8. The molecule has 6 N–H and O–H groups in total. The highest BCUT2D eigenvalue weighted by molar-refractivity contribution is 7.92. The van der Waals surface area contributed by atoms with Gasteiger partial charge in [-0.1, -0.05) is 19.9 Å². The summed E-state index contributed by atoms with van der Waals surface area (Å²) in [4.78, 5) is 26.2. The van der Waals surface area contributed by atoms with Crippen molar-refractivity contribution in [1.29, 1.82) is 0 Å². The fraction of sp³-hybridized carbons (Fsp3) is 0.481. The number of phenolic OH excluding ortho intramolecular Hbond substituents is 1. The van der Waals surface area contributed by atoms with Gasteiger partial charge in [0.15, 0.2) is 0 Å². The molecule has 0 aromatic heterocycles. The lowest BCUT2D eigenvalue weighted by molar-refractivity contribution is -0.139. The van der Waals surface area contributed by atoms with E-state index < -0.39 is 34.0 Å². The number of carboxylic acids is 1. The second-order valence-electron chi connectivity index (χ2n) is 10.4. The minimum Gasteiger partial charge on any atom is -0.506 e. The number of nitrogens with zero attached hydrogens (tertiary/aromatic N) is 1. The Bertz CT molecular complexity index is 1240. The van der Waals surface area contributed by atoms with Crippen LogP contribution in [0.1, 0.15) is 55.1 Å². The zero-order valence-electron chi connectivity index (χ0n) is 22.4. The molecule has 0 bridgehead atoms. The van der Waals surface area contributed by atoms with Crippen LogP contribution >= 0.6 is 0 Å². The highest BCUT2D eigenvalue weighted by Crippen LogP contribution is 2.28. The van der Waals surface area contributed by atoms with Crippen LogP contribution in [-0.4, -0.2) is 73.6 Å². The van der Waals surface area contributed by atoms with Crippen LogP contribution in [-0.2, 0) is 14.8 Å². The van der Waals surface area contributed by atoms with Gasteiger partial charge in [0.1, 0.15) is 11.8 Å². The van der Waals surface area contributed by atoms with Gasteiger partial charge in [-0.3, -0.25) is 9.52 Å². The van der Waals surface area contributed by atoms with Crippen molar-refractivity contribution in [3.8, 4) is 5.75 Å². The van der Waals surface area contributed by atoms with Crippen LogP contribution in [0.5, 0.6) is 5.75 Å². The summed E-state index contributed by atoms with van der Waals surface area (Å²) in [6.45, 7) is 5.63. The molecule has 11 nitrogen and oxygen atoms in total. The molecule has 0 radical (unpaired) electrons. The second kappa shape index (κ2) is 13.1. The van der Waals surface area contributed by atoms with Crippen molar-refractivity contribution in [3.63, 3.8) is 0 Å². The lowest BCUT2D eigenvalue weighted by Crippen LogP contribution is -2.43. The number of aliphatic hydroxyl groups excluding tert-OH is 1. The smallest absolute Gasteiger partial charge is 0.326 e. The molecular weight excluding hydrogens is 524 g/mol. The number of rotatable bonds is 12. The van der Waals surface area contributed by atoms with Crippen molar-refractivity contribution >= 4 is 33.3 Å². The normalized spacial score (nSPS) is 16.1. The first-order chi connectivity index (χ1) is 18.3. The highest BCUT2D eigenvalue weighted by atomic mass is 32.2. The molecule has 0 aliphatic carbocycles. The number of benzene rings is 2. The molecule has 1 heterocycles. The monoisotopic (exact) mass is 562 g/mol. The van der Waals surface area contributed by atoms with Gasteiger partial charge in [-0.15, -0.1) is 0 Å². The average Bonchev–Trinajstić information content (AvgIpc) is 2.87. The third-order valence-corrected chi connectivity index (χ3v) is 7.19. The first kappa shape index (κ1) is 30.2. The Balaban J connectivity index is 1.49. The van der Waals surface area contributed by atoms with E-state index in [1.54, 1.807) is 18.2 Å². The van der Waals surface area contributed by atoms with Gasteiger partial charge in [0.25, 0.3) is 5.91 Å². The zero-order valence-corrected chi connectivity index (χ0v) is 23.2.